The van der Waals surface area contributed by atoms with Crippen LogP contribution >= 0.6 is 0 Å². The van der Waals surface area contributed by atoms with E-state index in [2.05, 4.69) is 5.32 Å². The Morgan fingerprint density at radius 2 is 1.77 bits per heavy atom. The molecule has 0 atom stereocenters. The van der Waals surface area contributed by atoms with Gasteiger partial charge in [0, 0.05) is 47.5 Å². The Morgan fingerprint density at radius 1 is 0.971 bits per heavy atom. The summed E-state index contributed by atoms with van der Waals surface area (Å²) in [4.78, 5) is 27.2. The molecule has 0 saturated heterocycles. The maximum Gasteiger partial charge on any atom is 0.255 e. The monoisotopic (exact) mass is 470 g/mol. The summed E-state index contributed by atoms with van der Waals surface area (Å²) >= 11 is 0. The van der Waals surface area contributed by atoms with Crippen LogP contribution < -0.4 is 10.1 Å². The second-order valence-corrected chi connectivity index (χ2v) is 8.31. The van der Waals surface area contributed by atoms with Crippen LogP contribution in [0.4, 0.5) is 10.1 Å². The fourth-order valence-corrected chi connectivity index (χ4v) is 4.15. The van der Waals surface area contributed by atoms with Gasteiger partial charge in [-0.2, -0.15) is 0 Å². The van der Waals surface area contributed by atoms with Crippen molar-refractivity contribution in [3.8, 4) is 17.1 Å². The van der Waals surface area contributed by atoms with Crippen LogP contribution in [0.25, 0.3) is 11.3 Å². The van der Waals surface area contributed by atoms with E-state index >= 15 is 0 Å². The third-order valence-corrected chi connectivity index (χ3v) is 5.98. The predicted molar refractivity (Wildman–Crippen MR) is 130 cm³/mol. The Kier molecular flexibility index (Phi) is 6.06. The van der Waals surface area contributed by atoms with Crippen molar-refractivity contribution in [2.24, 2.45) is 0 Å². The number of methoxy groups -OCH3 is 1. The fraction of sp³-hybridized carbons (Fsp3) is 0.143. The molecule has 1 N–H and O–H groups in total. The third-order valence-electron chi connectivity index (χ3n) is 5.98. The number of nitrogens with zero attached hydrogens (tertiary/aromatic N) is 1. The number of amides is 2. The van der Waals surface area contributed by atoms with Gasteiger partial charge in [0.2, 0.25) is 0 Å². The highest BCUT2D eigenvalue weighted by molar-refractivity contribution is 6.04. The molecule has 5 rings (SSSR count). The molecule has 0 bridgehead atoms. The summed E-state index contributed by atoms with van der Waals surface area (Å²) in [5, 5.41) is 2.80. The van der Waals surface area contributed by atoms with Crippen molar-refractivity contribution in [3.63, 3.8) is 0 Å². The second-order valence-electron chi connectivity index (χ2n) is 8.31. The van der Waals surface area contributed by atoms with E-state index < -0.39 is 11.7 Å². The lowest BCUT2D eigenvalue weighted by molar-refractivity contribution is 0.0730. The summed E-state index contributed by atoms with van der Waals surface area (Å²) in [7, 11) is 1.59. The number of ether oxygens (including phenoxy) is 1. The molecule has 1 aromatic heterocycles. The van der Waals surface area contributed by atoms with Crippen LogP contribution in [-0.2, 0) is 13.0 Å². The zero-order valence-corrected chi connectivity index (χ0v) is 19.1. The largest absolute Gasteiger partial charge is 0.497 e. The van der Waals surface area contributed by atoms with E-state index in [-0.39, 0.29) is 11.5 Å². The van der Waals surface area contributed by atoms with Crippen LogP contribution in [0, 0.1) is 5.82 Å². The Balaban J connectivity index is 1.31. The quantitative estimate of drug-likeness (QED) is 0.415. The number of nitrogens with one attached hydrogen (secondary N) is 1. The number of anilines is 1. The lowest BCUT2D eigenvalue weighted by Gasteiger charge is -2.26. The molecule has 6 nitrogen and oxygen atoms in total. The van der Waals surface area contributed by atoms with Gasteiger partial charge in [-0.25, -0.2) is 4.39 Å². The Morgan fingerprint density at radius 3 is 2.54 bits per heavy atom. The minimum absolute atomic E-state index is 0.0388. The molecule has 3 aromatic carbocycles. The van der Waals surface area contributed by atoms with Crippen LogP contribution in [0.1, 0.15) is 32.0 Å². The van der Waals surface area contributed by atoms with Crippen LogP contribution in [-0.4, -0.2) is 30.4 Å². The van der Waals surface area contributed by atoms with Gasteiger partial charge in [-0.15, -0.1) is 0 Å². The molecule has 2 heterocycles. The standard InChI is InChI=1S/C28H23FN2O4/c1-34-24-10-8-18(9-11-24)28(33)31-13-12-25-21(17-31)16-26(35-25)19-4-3-7-23(15-19)30-27(32)20-5-2-6-22(29)14-20/h2-11,14-16H,12-13,17H2,1H3,(H,30,32). The molecule has 0 aliphatic carbocycles. The first-order chi connectivity index (χ1) is 17.0. The summed E-state index contributed by atoms with van der Waals surface area (Å²) in [6, 6.07) is 21.8. The number of carbonyl (C=O) groups is 2. The number of hydrogen-bond acceptors (Lipinski definition) is 4. The number of furan rings is 1. The highest BCUT2D eigenvalue weighted by Crippen LogP contribution is 2.31. The molecule has 35 heavy (non-hydrogen) atoms. The van der Waals surface area contributed by atoms with Crippen molar-refractivity contribution in [1.82, 2.24) is 4.90 Å². The summed E-state index contributed by atoms with van der Waals surface area (Å²) in [5.41, 5.74) is 3.18. The number of benzene rings is 3. The molecule has 7 heteroatoms. The van der Waals surface area contributed by atoms with E-state index in [4.69, 9.17) is 9.15 Å². The van der Waals surface area contributed by atoms with Gasteiger partial charge < -0.3 is 19.4 Å². The molecule has 0 radical (unpaired) electrons. The molecule has 1 aliphatic rings. The molecular formula is C28H23FN2O4. The molecule has 0 unspecified atom stereocenters. The van der Waals surface area contributed by atoms with E-state index in [0.29, 0.717) is 42.3 Å². The second kappa shape index (κ2) is 9.46. The average molecular weight is 471 g/mol. The SMILES string of the molecule is COc1ccc(C(=O)N2CCc3oc(-c4cccc(NC(=O)c5cccc(F)c5)c4)cc3C2)cc1. The third kappa shape index (κ3) is 4.80. The van der Waals surface area contributed by atoms with Crippen molar-refractivity contribution in [2.45, 2.75) is 13.0 Å². The van der Waals surface area contributed by atoms with E-state index in [9.17, 15) is 14.0 Å². The van der Waals surface area contributed by atoms with Crippen molar-refractivity contribution < 1.29 is 23.1 Å². The average Bonchev–Trinajstić information content (AvgIpc) is 3.32. The summed E-state index contributed by atoms with van der Waals surface area (Å²) in [5.74, 6) is 1.32. The molecular weight excluding hydrogens is 447 g/mol. The van der Waals surface area contributed by atoms with E-state index in [0.717, 1.165) is 16.9 Å². The van der Waals surface area contributed by atoms with Crippen molar-refractivity contribution in [1.29, 1.82) is 0 Å². The highest BCUT2D eigenvalue weighted by atomic mass is 19.1. The number of rotatable bonds is 5. The highest BCUT2D eigenvalue weighted by Gasteiger charge is 2.25. The minimum atomic E-state index is -0.466. The van der Waals surface area contributed by atoms with Crippen LogP contribution in [0.2, 0.25) is 0 Å². The van der Waals surface area contributed by atoms with Gasteiger partial charge in [0.25, 0.3) is 11.8 Å². The fourth-order valence-electron chi connectivity index (χ4n) is 4.15. The molecule has 0 fully saturated rings. The van der Waals surface area contributed by atoms with Gasteiger partial charge in [0.05, 0.1) is 7.11 Å². The minimum Gasteiger partial charge on any atom is -0.497 e. The molecule has 2 amide bonds. The first-order valence-corrected chi connectivity index (χ1v) is 11.2. The Labute approximate surface area is 201 Å². The van der Waals surface area contributed by atoms with E-state index in [1.807, 2.05) is 24.3 Å². The van der Waals surface area contributed by atoms with E-state index in [1.165, 1.54) is 18.2 Å². The van der Waals surface area contributed by atoms with Gasteiger partial charge in [-0.05, 0) is 60.7 Å². The Bertz CT molecular complexity index is 1390. The maximum atomic E-state index is 13.4. The topological polar surface area (TPSA) is 71.8 Å². The summed E-state index contributed by atoms with van der Waals surface area (Å²) in [6.45, 7) is 1.02. The summed E-state index contributed by atoms with van der Waals surface area (Å²) < 4.78 is 24.7. The van der Waals surface area contributed by atoms with Gasteiger partial charge in [0.1, 0.15) is 23.1 Å². The molecule has 1 aliphatic heterocycles. The van der Waals surface area contributed by atoms with Crippen LogP contribution in [0.3, 0.4) is 0 Å². The summed E-state index contributed by atoms with van der Waals surface area (Å²) in [6.07, 6.45) is 0.618. The molecule has 0 spiro atoms. The van der Waals surface area contributed by atoms with Gasteiger partial charge in [0.15, 0.2) is 0 Å². The van der Waals surface area contributed by atoms with Gasteiger partial charge >= 0.3 is 0 Å². The lowest BCUT2D eigenvalue weighted by atomic mass is 10.1. The maximum absolute atomic E-state index is 13.4. The van der Waals surface area contributed by atoms with Gasteiger partial charge in [-0.3, -0.25) is 9.59 Å². The predicted octanol–water partition coefficient (Wildman–Crippen LogP) is 5.55. The Hall–Kier alpha value is -4.39. The zero-order valence-electron chi connectivity index (χ0n) is 19.1. The number of carbonyl (C=O) groups excluding carboxylic acids is 2. The number of hydrogen-bond donors (Lipinski definition) is 1. The van der Waals surface area contributed by atoms with Crippen LogP contribution in [0.5, 0.6) is 5.75 Å². The van der Waals surface area contributed by atoms with Crippen molar-refractivity contribution in [2.75, 3.05) is 19.0 Å². The smallest absolute Gasteiger partial charge is 0.255 e. The lowest BCUT2D eigenvalue weighted by Crippen LogP contribution is -2.35. The zero-order chi connectivity index (χ0) is 24.4. The van der Waals surface area contributed by atoms with Crippen LogP contribution in [0.15, 0.2) is 83.3 Å². The molecule has 4 aromatic rings. The number of fused-ring (bicyclic) bond motifs is 1. The van der Waals surface area contributed by atoms with Crippen molar-refractivity contribution in [3.05, 3.63) is 107 Å². The van der Waals surface area contributed by atoms with E-state index in [1.54, 1.807) is 48.4 Å². The first kappa shape index (κ1) is 22.4. The van der Waals surface area contributed by atoms with Gasteiger partial charge in [-0.1, -0.05) is 18.2 Å². The molecule has 176 valence electrons. The normalized spacial score (nSPS) is 12.7. The first-order valence-electron chi connectivity index (χ1n) is 11.2. The molecule has 0 saturated carbocycles. The van der Waals surface area contributed by atoms with Crippen molar-refractivity contribution >= 4 is 17.5 Å². The number of halogens is 1.